The van der Waals surface area contributed by atoms with Crippen LogP contribution >= 0.6 is 0 Å². The summed E-state index contributed by atoms with van der Waals surface area (Å²) in [4.78, 5) is 68.4. The molecule has 8 unspecified atom stereocenters. The maximum absolute atomic E-state index is 11.7. The number of rotatable bonds is 18. The summed E-state index contributed by atoms with van der Waals surface area (Å²) < 4.78 is 25.8. The van der Waals surface area contributed by atoms with E-state index < -0.39 is 41.8 Å². The Morgan fingerprint density at radius 3 is 1.58 bits per heavy atom. The number of hydrogen-bond donors (Lipinski definition) is 3. The number of ether oxygens (including phenoxy) is 5. The fourth-order valence-corrected chi connectivity index (χ4v) is 5.22. The molecule has 2 fully saturated rings. The van der Waals surface area contributed by atoms with Crippen molar-refractivity contribution in [2.45, 2.75) is 145 Å². The summed E-state index contributed by atoms with van der Waals surface area (Å²) in [7, 11) is 0. The van der Waals surface area contributed by atoms with Crippen LogP contribution in [0.1, 0.15) is 120 Å². The fraction of sp³-hybridized carbons (Fsp3) is 0.721. The van der Waals surface area contributed by atoms with Crippen molar-refractivity contribution in [1.29, 1.82) is 0 Å². The number of nitrogens with one attached hydrogen (secondary N) is 1. The fourth-order valence-electron chi connectivity index (χ4n) is 5.22. The van der Waals surface area contributed by atoms with Gasteiger partial charge >= 0.3 is 29.8 Å². The third-order valence-corrected chi connectivity index (χ3v) is 10.2. The van der Waals surface area contributed by atoms with E-state index in [9.17, 15) is 39.0 Å². The van der Waals surface area contributed by atoms with Gasteiger partial charge in [0.15, 0.2) is 0 Å². The number of carbonyl (C=O) groups is 6. The molecule has 3 N–H and O–H groups in total. The first-order chi connectivity index (χ1) is 26.6. The lowest BCUT2D eigenvalue weighted by atomic mass is 9.85. The highest BCUT2D eigenvalue weighted by Gasteiger charge is 2.34. The van der Waals surface area contributed by atoms with Crippen LogP contribution in [-0.4, -0.2) is 96.7 Å². The Bertz CT molecular complexity index is 1340. The Hall–Kier alpha value is -4.04. The Morgan fingerprint density at radius 1 is 0.754 bits per heavy atom. The van der Waals surface area contributed by atoms with E-state index in [0.717, 1.165) is 38.2 Å². The summed E-state index contributed by atoms with van der Waals surface area (Å²) >= 11 is 0. The molecule has 57 heavy (non-hydrogen) atoms. The number of aliphatic hydroxyl groups is 2. The lowest BCUT2D eigenvalue weighted by Gasteiger charge is -2.32. The Kier molecular flexibility index (Phi) is 25.6. The molecule has 0 bridgehead atoms. The van der Waals surface area contributed by atoms with Crippen LogP contribution in [-0.2, 0) is 52.5 Å². The zero-order chi connectivity index (χ0) is 43.9. The van der Waals surface area contributed by atoms with Gasteiger partial charge in [0.1, 0.15) is 18.8 Å². The molecule has 0 heterocycles. The number of aliphatic hydroxyl groups excluding tert-OH is 2. The average Bonchev–Trinajstić information content (AvgIpc) is 3.18. The molecule has 0 aromatic rings. The van der Waals surface area contributed by atoms with Crippen molar-refractivity contribution >= 4 is 35.8 Å². The summed E-state index contributed by atoms with van der Waals surface area (Å²) in [5.41, 5.74) is 0.352. The monoisotopic (exact) mass is 809 g/mol. The third-order valence-electron chi connectivity index (χ3n) is 10.2. The number of amides is 1. The van der Waals surface area contributed by atoms with Crippen LogP contribution < -0.4 is 5.32 Å². The smallest absolute Gasteiger partial charge is 0.333 e. The minimum atomic E-state index is -0.694. The maximum Gasteiger partial charge on any atom is 0.333 e. The molecule has 0 saturated heterocycles. The molecule has 0 aromatic carbocycles. The zero-order valence-electron chi connectivity index (χ0n) is 35.9. The van der Waals surface area contributed by atoms with Gasteiger partial charge in [0.2, 0.25) is 5.91 Å². The summed E-state index contributed by atoms with van der Waals surface area (Å²) in [5, 5.41) is 22.7. The molecule has 8 atom stereocenters. The second-order valence-electron chi connectivity index (χ2n) is 15.7. The summed E-state index contributed by atoms with van der Waals surface area (Å²) in [6.45, 7) is 27.7. The summed E-state index contributed by atoms with van der Waals surface area (Å²) in [6, 6.07) is 0. The van der Waals surface area contributed by atoms with Crippen molar-refractivity contribution < 1.29 is 62.7 Å². The topological polar surface area (TPSA) is 201 Å². The van der Waals surface area contributed by atoms with E-state index >= 15 is 0 Å². The predicted octanol–water partition coefficient (Wildman–Crippen LogP) is 5.72. The van der Waals surface area contributed by atoms with Crippen LogP contribution in [0.2, 0.25) is 0 Å². The number of hydrogen-bond acceptors (Lipinski definition) is 13. The van der Waals surface area contributed by atoms with Gasteiger partial charge in [0.05, 0.1) is 49.2 Å². The molecule has 14 heteroatoms. The number of carbonyl (C=O) groups excluding carboxylic acids is 6. The molecule has 0 spiro atoms. The minimum absolute atomic E-state index is 0.0989. The van der Waals surface area contributed by atoms with Gasteiger partial charge in [-0.3, -0.25) is 19.2 Å². The standard InChI is InChI=1S/C16H26O5.C15H24O5.C12H21NO3/c1-5-11(4)16(19)21-14-7-6-12(8-13(14)17)9-20-15(18)10(2)3;1-4-10(3)15(18)20-13-7-6-11(8-12(13)16)9-19-14(17)5-2;1-6-12(4,5)11(15)16-8-7-13-10(14)9(2)3/h11-14,17H,2,5-9H2,1,3-4H3;5,10-13,16H,2,4,6-9H2,1,3H3;2,6-8H2,1,3-5H3,(H,13,14). The maximum atomic E-state index is 11.7. The van der Waals surface area contributed by atoms with Gasteiger partial charge in [-0.05, 0) is 97.3 Å². The SMILES string of the molecule is C=C(C)C(=O)NCCOC(=O)C(C)(C)CC.C=C(C)C(=O)OCC1CCC(OC(=O)C(C)CC)C(O)C1.C=CC(=O)OCC1CCC(OC(=O)C(C)CC)C(O)C1. The summed E-state index contributed by atoms with van der Waals surface area (Å²) in [5.74, 6) is -1.92. The second kappa shape index (κ2) is 27.6. The van der Waals surface area contributed by atoms with E-state index in [1.54, 1.807) is 13.8 Å². The van der Waals surface area contributed by atoms with Crippen molar-refractivity contribution in [1.82, 2.24) is 5.32 Å². The van der Waals surface area contributed by atoms with E-state index in [1.165, 1.54) is 0 Å². The van der Waals surface area contributed by atoms with Crippen LogP contribution in [0.5, 0.6) is 0 Å². The Labute approximate surface area is 340 Å². The van der Waals surface area contributed by atoms with Crippen molar-refractivity contribution in [2.24, 2.45) is 29.1 Å². The van der Waals surface area contributed by atoms with Crippen LogP contribution in [0.4, 0.5) is 0 Å². The number of esters is 5. The molecule has 2 aliphatic rings. The predicted molar refractivity (Wildman–Crippen MR) is 215 cm³/mol. The van der Waals surface area contributed by atoms with Gasteiger partial charge in [0.25, 0.3) is 0 Å². The van der Waals surface area contributed by atoms with Gasteiger partial charge in [-0.1, -0.05) is 54.4 Å². The normalized spacial score (nSPS) is 22.5. The Morgan fingerprint density at radius 2 is 1.21 bits per heavy atom. The molecule has 2 rings (SSSR count). The van der Waals surface area contributed by atoms with Crippen LogP contribution in [0.25, 0.3) is 0 Å². The zero-order valence-corrected chi connectivity index (χ0v) is 35.9. The molecule has 2 aliphatic carbocycles. The second-order valence-corrected chi connectivity index (χ2v) is 15.7. The van der Waals surface area contributed by atoms with Crippen LogP contribution in [0.15, 0.2) is 37.0 Å². The van der Waals surface area contributed by atoms with E-state index in [1.807, 2.05) is 48.5 Å². The summed E-state index contributed by atoms with van der Waals surface area (Å²) in [6.07, 6.45) is 4.69. The van der Waals surface area contributed by atoms with E-state index in [0.29, 0.717) is 43.4 Å². The molecular weight excluding hydrogens is 738 g/mol. The lowest BCUT2D eigenvalue weighted by molar-refractivity contribution is -0.165. The van der Waals surface area contributed by atoms with Gasteiger partial charge in [-0.2, -0.15) is 0 Å². The largest absolute Gasteiger partial charge is 0.463 e. The first kappa shape index (κ1) is 53.0. The lowest BCUT2D eigenvalue weighted by Crippen LogP contribution is -2.39. The first-order valence-electron chi connectivity index (χ1n) is 20.1. The average molecular weight is 810 g/mol. The van der Waals surface area contributed by atoms with E-state index in [-0.39, 0.29) is 67.3 Å². The molecule has 14 nitrogen and oxygen atoms in total. The van der Waals surface area contributed by atoms with Gasteiger partial charge < -0.3 is 39.2 Å². The minimum Gasteiger partial charge on any atom is -0.463 e. The molecule has 0 aromatic heterocycles. The van der Waals surface area contributed by atoms with Crippen molar-refractivity contribution in [3.63, 3.8) is 0 Å². The van der Waals surface area contributed by atoms with Gasteiger partial charge in [-0.15, -0.1) is 0 Å². The van der Waals surface area contributed by atoms with Crippen LogP contribution in [0.3, 0.4) is 0 Å². The van der Waals surface area contributed by atoms with Crippen molar-refractivity contribution in [3.05, 3.63) is 37.0 Å². The van der Waals surface area contributed by atoms with Crippen molar-refractivity contribution in [3.8, 4) is 0 Å². The van der Waals surface area contributed by atoms with E-state index in [4.69, 9.17) is 23.7 Å². The molecule has 1 amide bonds. The third kappa shape index (κ3) is 21.3. The first-order valence-corrected chi connectivity index (χ1v) is 20.1. The Balaban J connectivity index is 0.000000834. The molecule has 0 radical (unpaired) electrons. The molecule has 2 saturated carbocycles. The highest BCUT2D eigenvalue weighted by atomic mass is 16.6. The van der Waals surface area contributed by atoms with Gasteiger partial charge in [0, 0.05) is 17.2 Å². The van der Waals surface area contributed by atoms with Crippen LogP contribution in [0, 0.1) is 29.1 Å². The van der Waals surface area contributed by atoms with Gasteiger partial charge in [-0.25, -0.2) is 9.59 Å². The van der Waals surface area contributed by atoms with Crippen molar-refractivity contribution in [2.75, 3.05) is 26.4 Å². The molecule has 326 valence electrons. The quantitative estimate of drug-likeness (QED) is 0.0658. The highest BCUT2D eigenvalue weighted by Crippen LogP contribution is 2.29. The highest BCUT2D eigenvalue weighted by molar-refractivity contribution is 5.92. The molecule has 0 aliphatic heterocycles. The molecular formula is C43H71NO13. The van der Waals surface area contributed by atoms with E-state index in [2.05, 4.69) is 25.1 Å².